The van der Waals surface area contributed by atoms with Gasteiger partial charge in [-0.25, -0.2) is 4.98 Å². The molecule has 1 heterocycles. The van der Waals surface area contributed by atoms with Crippen molar-refractivity contribution in [3.8, 4) is 0 Å². The minimum atomic E-state index is -0.0163. The highest BCUT2D eigenvalue weighted by Gasteiger charge is 2.10. The number of allylic oxidation sites excluding steroid dienone is 1. The van der Waals surface area contributed by atoms with Crippen molar-refractivity contribution in [3.05, 3.63) is 107 Å². The molecule has 162 valence electrons. The van der Waals surface area contributed by atoms with Crippen molar-refractivity contribution < 1.29 is 4.79 Å². The zero-order valence-corrected chi connectivity index (χ0v) is 18.6. The molecule has 1 aromatic heterocycles. The van der Waals surface area contributed by atoms with Crippen molar-refractivity contribution in [1.82, 2.24) is 14.9 Å². The molecule has 4 rings (SSSR count). The van der Waals surface area contributed by atoms with E-state index in [0.29, 0.717) is 18.0 Å². The van der Waals surface area contributed by atoms with Gasteiger partial charge in [-0.3, -0.25) is 4.79 Å². The van der Waals surface area contributed by atoms with Crippen LogP contribution < -0.4 is 5.32 Å². The highest BCUT2D eigenvalue weighted by Crippen LogP contribution is 2.18. The first kappa shape index (κ1) is 21.8. The molecule has 1 amide bonds. The third-order valence-corrected chi connectivity index (χ3v) is 5.71. The molecule has 0 saturated heterocycles. The fourth-order valence-corrected chi connectivity index (χ4v) is 3.93. The summed E-state index contributed by atoms with van der Waals surface area (Å²) in [6.07, 6.45) is 6.20. The van der Waals surface area contributed by atoms with E-state index >= 15 is 0 Å². The molecule has 0 aliphatic rings. The second kappa shape index (κ2) is 10.8. The molecule has 1 N–H and O–H groups in total. The highest BCUT2D eigenvalue weighted by molar-refractivity contribution is 6.31. The molecule has 0 atom stereocenters. The Labute approximate surface area is 193 Å². The number of aromatic nitrogens is 2. The van der Waals surface area contributed by atoms with Crippen LogP contribution in [0.2, 0.25) is 5.02 Å². The van der Waals surface area contributed by atoms with Crippen molar-refractivity contribution in [1.29, 1.82) is 0 Å². The monoisotopic (exact) mass is 443 g/mol. The van der Waals surface area contributed by atoms with Gasteiger partial charge in [0.25, 0.3) is 0 Å². The maximum atomic E-state index is 12.3. The lowest BCUT2D eigenvalue weighted by atomic mass is 10.1. The van der Waals surface area contributed by atoms with E-state index in [4.69, 9.17) is 16.6 Å². The summed E-state index contributed by atoms with van der Waals surface area (Å²) in [5.74, 6) is 1.02. The molecule has 32 heavy (non-hydrogen) atoms. The van der Waals surface area contributed by atoms with E-state index in [1.165, 1.54) is 5.56 Å². The number of imidazole rings is 1. The molecule has 0 fully saturated rings. The number of nitrogens with one attached hydrogen (secondary N) is 1. The van der Waals surface area contributed by atoms with Crippen LogP contribution in [0.5, 0.6) is 0 Å². The SMILES string of the molecule is O=C(Cc1ccccc1Cl)NCCCc1nc2ccccc2n1C/C=C/c1ccccc1. The van der Waals surface area contributed by atoms with Gasteiger partial charge in [0.15, 0.2) is 0 Å². The largest absolute Gasteiger partial charge is 0.356 e. The fraction of sp³-hybridized carbons (Fsp3) is 0.185. The first-order chi connectivity index (χ1) is 15.7. The van der Waals surface area contributed by atoms with Gasteiger partial charge < -0.3 is 9.88 Å². The van der Waals surface area contributed by atoms with Gasteiger partial charge >= 0.3 is 0 Å². The van der Waals surface area contributed by atoms with Crippen molar-refractivity contribution in [2.45, 2.75) is 25.8 Å². The first-order valence-corrected chi connectivity index (χ1v) is 11.2. The third-order valence-electron chi connectivity index (χ3n) is 5.34. The average molecular weight is 444 g/mol. The molecule has 0 saturated carbocycles. The molecule has 4 aromatic rings. The molecular weight excluding hydrogens is 418 g/mol. The number of carbonyl (C=O) groups is 1. The van der Waals surface area contributed by atoms with Crippen LogP contribution in [-0.4, -0.2) is 22.0 Å². The number of aryl methyl sites for hydroxylation is 1. The Morgan fingerprint density at radius 2 is 1.72 bits per heavy atom. The summed E-state index contributed by atoms with van der Waals surface area (Å²) in [4.78, 5) is 17.1. The highest BCUT2D eigenvalue weighted by atomic mass is 35.5. The zero-order chi connectivity index (χ0) is 22.2. The Hall–Kier alpha value is -3.37. The number of nitrogens with zero attached hydrogens (tertiary/aromatic N) is 2. The molecular formula is C27H26ClN3O. The van der Waals surface area contributed by atoms with E-state index in [-0.39, 0.29) is 5.91 Å². The van der Waals surface area contributed by atoms with Gasteiger partial charge in [-0.15, -0.1) is 0 Å². The minimum Gasteiger partial charge on any atom is -0.356 e. The predicted molar refractivity (Wildman–Crippen MR) is 132 cm³/mol. The smallest absolute Gasteiger partial charge is 0.224 e. The topological polar surface area (TPSA) is 46.9 Å². The fourth-order valence-electron chi connectivity index (χ4n) is 3.73. The summed E-state index contributed by atoms with van der Waals surface area (Å²) < 4.78 is 2.25. The number of benzene rings is 3. The number of carbonyl (C=O) groups excluding carboxylic acids is 1. The van der Waals surface area contributed by atoms with E-state index in [1.807, 2.05) is 54.6 Å². The van der Waals surface area contributed by atoms with Crippen molar-refractivity contribution in [3.63, 3.8) is 0 Å². The van der Waals surface area contributed by atoms with Crippen LogP contribution in [0.15, 0.2) is 84.9 Å². The number of hydrogen-bond donors (Lipinski definition) is 1. The Morgan fingerprint density at radius 3 is 2.56 bits per heavy atom. The third kappa shape index (κ3) is 5.65. The average Bonchev–Trinajstić information content (AvgIpc) is 3.16. The van der Waals surface area contributed by atoms with Gasteiger partial charge in [-0.1, -0.05) is 84.4 Å². The Balaban J connectivity index is 1.36. The maximum absolute atomic E-state index is 12.3. The maximum Gasteiger partial charge on any atom is 0.224 e. The number of amides is 1. The molecule has 0 aliphatic heterocycles. The van der Waals surface area contributed by atoms with Gasteiger partial charge in [0.05, 0.1) is 17.5 Å². The summed E-state index contributed by atoms with van der Waals surface area (Å²) in [6.45, 7) is 1.36. The van der Waals surface area contributed by atoms with Crippen LogP contribution in [0, 0.1) is 0 Å². The van der Waals surface area contributed by atoms with E-state index in [1.54, 1.807) is 6.07 Å². The quantitative estimate of drug-likeness (QED) is 0.337. The molecule has 0 spiro atoms. The van der Waals surface area contributed by atoms with Crippen LogP contribution in [-0.2, 0) is 24.2 Å². The molecule has 5 heteroatoms. The normalized spacial score (nSPS) is 11.3. The Morgan fingerprint density at radius 1 is 0.969 bits per heavy atom. The minimum absolute atomic E-state index is 0.0163. The van der Waals surface area contributed by atoms with Crippen LogP contribution in [0.4, 0.5) is 0 Å². The second-order valence-electron chi connectivity index (χ2n) is 7.66. The van der Waals surface area contributed by atoms with Gasteiger partial charge in [0.2, 0.25) is 5.91 Å². The lowest BCUT2D eigenvalue weighted by molar-refractivity contribution is -0.120. The van der Waals surface area contributed by atoms with Crippen molar-refractivity contribution in [2.24, 2.45) is 0 Å². The van der Waals surface area contributed by atoms with Crippen molar-refractivity contribution >= 4 is 34.6 Å². The van der Waals surface area contributed by atoms with Gasteiger partial charge in [0.1, 0.15) is 5.82 Å². The molecule has 0 radical (unpaired) electrons. The van der Waals surface area contributed by atoms with Gasteiger partial charge in [-0.05, 0) is 35.7 Å². The molecule has 0 unspecified atom stereocenters. The molecule has 3 aromatic carbocycles. The van der Waals surface area contributed by atoms with Crippen molar-refractivity contribution in [2.75, 3.05) is 6.54 Å². The Kier molecular flexibility index (Phi) is 7.36. The standard InChI is InChI=1S/C27H26ClN3O/c28-23-14-5-4-13-22(23)20-27(32)29-18-8-17-26-30-24-15-6-7-16-25(24)31(26)19-9-12-21-10-2-1-3-11-21/h1-7,9-16H,8,17-20H2,(H,29,32)/b12-9+. The van der Waals surface area contributed by atoms with Crippen LogP contribution in [0.1, 0.15) is 23.4 Å². The van der Waals surface area contributed by atoms with E-state index in [0.717, 1.165) is 41.8 Å². The first-order valence-electron chi connectivity index (χ1n) is 10.9. The van der Waals surface area contributed by atoms with Gasteiger partial charge in [0, 0.05) is 24.5 Å². The number of fused-ring (bicyclic) bond motifs is 1. The van der Waals surface area contributed by atoms with E-state index in [2.05, 4.69) is 40.2 Å². The number of hydrogen-bond acceptors (Lipinski definition) is 2. The molecule has 0 bridgehead atoms. The van der Waals surface area contributed by atoms with E-state index in [9.17, 15) is 4.79 Å². The van der Waals surface area contributed by atoms with E-state index < -0.39 is 0 Å². The summed E-state index contributed by atoms with van der Waals surface area (Å²) in [6, 6.07) is 25.9. The lowest BCUT2D eigenvalue weighted by Crippen LogP contribution is -2.26. The Bertz CT molecular complexity index is 1210. The lowest BCUT2D eigenvalue weighted by Gasteiger charge is -2.08. The van der Waals surface area contributed by atoms with Crippen LogP contribution >= 0.6 is 11.6 Å². The zero-order valence-electron chi connectivity index (χ0n) is 17.9. The summed E-state index contributed by atoms with van der Waals surface area (Å²) in [7, 11) is 0. The molecule has 4 nitrogen and oxygen atoms in total. The summed E-state index contributed by atoms with van der Waals surface area (Å²) >= 11 is 6.15. The number of para-hydroxylation sites is 2. The molecule has 0 aliphatic carbocycles. The summed E-state index contributed by atoms with van der Waals surface area (Å²) in [5, 5.41) is 3.62. The van der Waals surface area contributed by atoms with Gasteiger partial charge in [-0.2, -0.15) is 0 Å². The van der Waals surface area contributed by atoms with Crippen LogP contribution in [0.3, 0.4) is 0 Å². The number of halogens is 1. The number of rotatable bonds is 9. The predicted octanol–water partition coefficient (Wildman–Crippen LogP) is 5.69. The summed E-state index contributed by atoms with van der Waals surface area (Å²) in [5.41, 5.74) is 4.15. The van der Waals surface area contributed by atoms with Crippen LogP contribution in [0.25, 0.3) is 17.1 Å². The second-order valence-corrected chi connectivity index (χ2v) is 8.07.